The molecule has 1 aliphatic rings. The first-order valence-electron chi connectivity index (χ1n) is 8.05. The Balaban J connectivity index is 3.35. The average molecular weight is 358 g/mol. The van der Waals surface area contributed by atoms with Gasteiger partial charge in [0.15, 0.2) is 0 Å². The fraction of sp³-hybridized carbons (Fsp3) is 0.625. The summed E-state index contributed by atoms with van der Waals surface area (Å²) in [6, 6.07) is -0.579. The van der Waals surface area contributed by atoms with Gasteiger partial charge in [-0.25, -0.2) is 9.79 Å². The number of carbonyl (C=O) groups is 1. The first kappa shape index (κ1) is 20.2. The molecule has 7 nitrogen and oxygen atoms in total. The fourth-order valence-electron chi connectivity index (χ4n) is 2.42. The number of allylic oxidation sites excluding steroid dienone is 2. The molecule has 134 valence electrons. The molecule has 1 fully saturated rings. The number of nitrogens with zero attached hydrogens (tertiary/aromatic N) is 3. The van der Waals surface area contributed by atoms with Crippen molar-refractivity contribution in [2.45, 2.75) is 53.0 Å². The fourth-order valence-corrected chi connectivity index (χ4v) is 2.64. The van der Waals surface area contributed by atoms with Gasteiger partial charge in [-0.2, -0.15) is 0 Å². The molecule has 0 radical (unpaired) electrons. The lowest BCUT2D eigenvalue weighted by Gasteiger charge is -2.25. The highest BCUT2D eigenvalue weighted by Crippen LogP contribution is 2.24. The molecule has 1 atom stereocenters. The minimum absolute atomic E-state index is 0.107. The van der Waals surface area contributed by atoms with E-state index < -0.39 is 16.9 Å². The summed E-state index contributed by atoms with van der Waals surface area (Å²) in [7, 11) is 0. The van der Waals surface area contributed by atoms with Crippen molar-refractivity contribution >= 4 is 23.4 Å². The predicted octanol–water partition coefficient (Wildman–Crippen LogP) is 3.47. The number of halogens is 1. The van der Waals surface area contributed by atoms with Gasteiger partial charge in [0, 0.05) is 6.54 Å². The number of hydrogen-bond donors (Lipinski definition) is 0. The molecule has 1 unspecified atom stereocenters. The van der Waals surface area contributed by atoms with Gasteiger partial charge in [0.25, 0.3) is 0 Å². The number of hydrogen-bond acceptors (Lipinski definition) is 5. The molecule has 1 saturated heterocycles. The molecule has 24 heavy (non-hydrogen) atoms. The van der Waals surface area contributed by atoms with Gasteiger partial charge in [-0.3, -0.25) is 10.1 Å². The van der Waals surface area contributed by atoms with E-state index in [1.165, 1.54) is 6.08 Å². The van der Waals surface area contributed by atoms with Gasteiger partial charge in [0.2, 0.25) is 5.84 Å². The largest absolute Gasteiger partial charge is 0.464 e. The molecule has 0 saturated carbocycles. The number of ether oxygens (including phenoxy) is 1. The van der Waals surface area contributed by atoms with Crippen LogP contribution in [0.4, 0.5) is 0 Å². The third-order valence-electron chi connectivity index (χ3n) is 3.87. The topological polar surface area (TPSA) is 85.0 Å². The summed E-state index contributed by atoms with van der Waals surface area (Å²) in [6.07, 6.45) is 3.34. The lowest BCUT2D eigenvalue weighted by molar-refractivity contribution is -0.416. The molecule has 0 aliphatic carbocycles. The monoisotopic (exact) mass is 357 g/mol. The van der Waals surface area contributed by atoms with Gasteiger partial charge >= 0.3 is 11.7 Å². The van der Waals surface area contributed by atoms with E-state index in [9.17, 15) is 14.9 Å². The van der Waals surface area contributed by atoms with Gasteiger partial charge in [-0.15, -0.1) is 0 Å². The first-order valence-corrected chi connectivity index (χ1v) is 8.43. The maximum absolute atomic E-state index is 12.2. The zero-order valence-electron chi connectivity index (χ0n) is 14.5. The highest BCUT2D eigenvalue weighted by molar-refractivity contribution is 6.30. The summed E-state index contributed by atoms with van der Waals surface area (Å²) in [5, 5.41) is 11.6. The molecule has 8 heteroatoms. The lowest BCUT2D eigenvalue weighted by Crippen LogP contribution is -2.43. The standard InChI is InChI=1S/C16H24ClN3O4/c1-5-11(4)14(17)18-15(12(6-2)20(22)23)19-10-8-9-13(19)16(21)24-7-3/h6,13H,5,7-10H2,1-4H3/b12-6+,14-11+,18-15+. The number of esters is 1. The Kier molecular flexibility index (Phi) is 7.91. The van der Waals surface area contributed by atoms with Gasteiger partial charge in [-0.05, 0) is 51.7 Å². The van der Waals surface area contributed by atoms with Crippen LogP contribution >= 0.6 is 11.6 Å². The molecule has 0 bridgehead atoms. The number of amidine groups is 1. The quantitative estimate of drug-likeness (QED) is 0.181. The van der Waals surface area contributed by atoms with Crippen LogP contribution in [0.5, 0.6) is 0 Å². The molecule has 0 aromatic rings. The van der Waals surface area contributed by atoms with Crippen LogP contribution < -0.4 is 0 Å². The van der Waals surface area contributed by atoms with Crippen molar-refractivity contribution in [3.63, 3.8) is 0 Å². The first-order chi connectivity index (χ1) is 11.4. The van der Waals surface area contributed by atoms with E-state index in [1.54, 1.807) is 18.7 Å². The smallest absolute Gasteiger partial charge is 0.328 e. The Bertz CT molecular complexity index is 584. The van der Waals surface area contributed by atoms with E-state index in [1.807, 2.05) is 13.8 Å². The molecule has 0 aromatic carbocycles. The van der Waals surface area contributed by atoms with E-state index >= 15 is 0 Å². The molecule has 0 aromatic heterocycles. The van der Waals surface area contributed by atoms with E-state index in [2.05, 4.69) is 4.99 Å². The SMILES string of the molecule is C\C=C(/C(=N\C(Cl)=C(/C)CC)N1CCCC1C(=O)OCC)[N+](=O)[O-]. The number of likely N-dealkylation sites (tertiary alicyclic amines) is 1. The molecular formula is C16H24ClN3O4. The van der Waals surface area contributed by atoms with Crippen LogP contribution in [0.25, 0.3) is 0 Å². The summed E-state index contributed by atoms with van der Waals surface area (Å²) in [5.74, 6) is -0.287. The van der Waals surface area contributed by atoms with E-state index in [0.717, 1.165) is 12.0 Å². The van der Waals surface area contributed by atoms with Crippen molar-refractivity contribution in [2.24, 2.45) is 4.99 Å². The van der Waals surface area contributed by atoms with Gasteiger partial charge in [0.1, 0.15) is 11.2 Å². The number of nitro groups is 1. The average Bonchev–Trinajstić information content (AvgIpc) is 3.02. The molecule has 1 heterocycles. The van der Waals surface area contributed by atoms with Crippen LogP contribution in [-0.4, -0.2) is 40.8 Å². The van der Waals surface area contributed by atoms with Crippen molar-refractivity contribution in [2.75, 3.05) is 13.2 Å². The van der Waals surface area contributed by atoms with Gasteiger partial charge in [-0.1, -0.05) is 18.5 Å². The third kappa shape index (κ3) is 4.80. The second-order valence-electron chi connectivity index (χ2n) is 5.39. The zero-order chi connectivity index (χ0) is 18.3. The maximum Gasteiger partial charge on any atom is 0.328 e. The Labute approximate surface area is 147 Å². The number of carbonyl (C=O) groups excluding carboxylic acids is 1. The van der Waals surface area contributed by atoms with E-state index in [0.29, 0.717) is 19.4 Å². The van der Waals surface area contributed by atoms with Gasteiger partial charge in [0.05, 0.1) is 11.5 Å². The minimum Gasteiger partial charge on any atom is -0.464 e. The molecule has 0 amide bonds. The van der Waals surface area contributed by atoms with E-state index in [-0.39, 0.29) is 23.3 Å². The summed E-state index contributed by atoms with van der Waals surface area (Å²) in [6.45, 7) is 7.78. The summed E-state index contributed by atoms with van der Waals surface area (Å²) in [5.41, 5.74) is 0.646. The van der Waals surface area contributed by atoms with Crippen LogP contribution in [0.3, 0.4) is 0 Å². The Morgan fingerprint density at radius 3 is 2.67 bits per heavy atom. The normalized spacial score (nSPS) is 20.0. The van der Waals surface area contributed by atoms with Crippen LogP contribution in [0.1, 0.15) is 47.0 Å². The number of aliphatic imine (C=N–C) groups is 1. The summed E-state index contributed by atoms with van der Waals surface area (Å²) in [4.78, 5) is 29.0. The molecule has 1 aliphatic heterocycles. The second kappa shape index (κ2) is 9.42. The lowest BCUT2D eigenvalue weighted by atomic mass is 10.2. The Morgan fingerprint density at radius 2 is 2.17 bits per heavy atom. The van der Waals surface area contributed by atoms with Crippen molar-refractivity contribution in [1.29, 1.82) is 0 Å². The molecular weight excluding hydrogens is 334 g/mol. The summed E-state index contributed by atoms with van der Waals surface area (Å²) >= 11 is 6.20. The molecule has 0 spiro atoms. The van der Waals surface area contributed by atoms with Crippen molar-refractivity contribution in [3.05, 3.63) is 32.6 Å². The Hall–Kier alpha value is -1.89. The highest BCUT2D eigenvalue weighted by Gasteiger charge is 2.38. The summed E-state index contributed by atoms with van der Waals surface area (Å²) < 4.78 is 5.08. The number of rotatable bonds is 6. The van der Waals surface area contributed by atoms with Gasteiger partial charge < -0.3 is 9.64 Å². The predicted molar refractivity (Wildman–Crippen MR) is 93.4 cm³/mol. The third-order valence-corrected chi connectivity index (χ3v) is 4.28. The van der Waals surface area contributed by atoms with Crippen molar-refractivity contribution < 1.29 is 14.5 Å². The maximum atomic E-state index is 12.2. The highest BCUT2D eigenvalue weighted by atomic mass is 35.5. The van der Waals surface area contributed by atoms with Crippen LogP contribution in [0.2, 0.25) is 0 Å². The molecule has 1 rings (SSSR count). The van der Waals surface area contributed by atoms with Crippen LogP contribution in [0, 0.1) is 10.1 Å². The zero-order valence-corrected chi connectivity index (χ0v) is 15.3. The Morgan fingerprint density at radius 1 is 1.50 bits per heavy atom. The van der Waals surface area contributed by atoms with Crippen LogP contribution in [-0.2, 0) is 9.53 Å². The van der Waals surface area contributed by atoms with E-state index in [4.69, 9.17) is 16.3 Å². The van der Waals surface area contributed by atoms with Crippen molar-refractivity contribution in [1.82, 2.24) is 4.90 Å². The van der Waals surface area contributed by atoms with Crippen molar-refractivity contribution in [3.8, 4) is 0 Å². The van der Waals surface area contributed by atoms with Crippen LogP contribution in [0.15, 0.2) is 27.5 Å². The molecule has 0 N–H and O–H groups in total. The minimum atomic E-state index is -0.579. The second-order valence-corrected chi connectivity index (χ2v) is 5.75.